The van der Waals surface area contributed by atoms with Gasteiger partial charge in [-0.1, -0.05) is 30.4 Å². The first kappa shape index (κ1) is 12.8. The van der Waals surface area contributed by atoms with Crippen molar-refractivity contribution in [3.05, 3.63) is 24.3 Å². The van der Waals surface area contributed by atoms with E-state index in [4.69, 9.17) is 5.26 Å². The van der Waals surface area contributed by atoms with Gasteiger partial charge in [0.05, 0.1) is 16.3 Å². The van der Waals surface area contributed by atoms with Gasteiger partial charge < -0.3 is 0 Å². The maximum absolute atomic E-state index is 11.9. The molecule has 18 heavy (non-hydrogen) atoms. The van der Waals surface area contributed by atoms with E-state index in [1.54, 1.807) is 13.0 Å². The van der Waals surface area contributed by atoms with Crippen LogP contribution in [0.5, 0.6) is 0 Å². The number of fused-ring (bicyclic) bond motifs is 1. The highest BCUT2D eigenvalue weighted by Crippen LogP contribution is 2.26. The van der Waals surface area contributed by atoms with E-state index >= 15 is 0 Å². The number of nitrogens with zero attached hydrogens (tertiary/aromatic N) is 2. The average molecular weight is 281 g/mol. The van der Waals surface area contributed by atoms with Crippen LogP contribution in [0.15, 0.2) is 24.3 Å². The Hall–Kier alpha value is -1.65. The number of hydrogen-bond acceptors (Lipinski definition) is 5. The Bertz CT molecular complexity index is 667. The summed E-state index contributed by atoms with van der Waals surface area (Å²) in [5.74, 6) is 0. The number of para-hydroxylation sites is 1. The monoisotopic (exact) mass is 281 g/mol. The first-order chi connectivity index (χ1) is 8.56. The zero-order valence-corrected chi connectivity index (χ0v) is 11.3. The molecule has 1 unspecified atom stereocenters. The largest absolute Gasteiger partial charge is 0.257 e. The number of sulfonamides is 1. The van der Waals surface area contributed by atoms with Gasteiger partial charge in [0, 0.05) is 0 Å². The third kappa shape index (κ3) is 2.44. The van der Waals surface area contributed by atoms with Crippen molar-refractivity contribution in [1.29, 1.82) is 5.26 Å². The molecule has 0 fully saturated rings. The van der Waals surface area contributed by atoms with Gasteiger partial charge in [-0.2, -0.15) is 5.26 Å². The van der Waals surface area contributed by atoms with Crippen LogP contribution in [0.2, 0.25) is 0 Å². The molecule has 2 rings (SSSR count). The number of nitrogens with one attached hydrogen (secondary N) is 1. The molecule has 0 aliphatic rings. The van der Waals surface area contributed by atoms with Crippen molar-refractivity contribution in [2.24, 2.45) is 0 Å². The van der Waals surface area contributed by atoms with Gasteiger partial charge in [-0.3, -0.25) is 4.72 Å². The van der Waals surface area contributed by atoms with Crippen molar-refractivity contribution >= 4 is 36.7 Å². The predicted molar refractivity (Wildman–Crippen MR) is 71.9 cm³/mol. The summed E-state index contributed by atoms with van der Waals surface area (Å²) in [6.07, 6.45) is 0.247. The number of nitriles is 1. The molecule has 1 atom stereocenters. The van der Waals surface area contributed by atoms with E-state index in [2.05, 4.69) is 9.71 Å². The summed E-state index contributed by atoms with van der Waals surface area (Å²) < 4.78 is 27.0. The van der Waals surface area contributed by atoms with Gasteiger partial charge >= 0.3 is 0 Å². The molecule has 0 spiro atoms. The highest BCUT2D eigenvalue weighted by atomic mass is 32.2. The van der Waals surface area contributed by atoms with E-state index in [0.29, 0.717) is 5.13 Å². The van der Waals surface area contributed by atoms with Gasteiger partial charge in [0.1, 0.15) is 0 Å². The molecule has 0 bridgehead atoms. The highest BCUT2D eigenvalue weighted by Gasteiger charge is 2.24. The Balaban J connectivity index is 2.32. The predicted octanol–water partition coefficient (Wildman–Crippen LogP) is 2.34. The van der Waals surface area contributed by atoms with Crippen LogP contribution in [0.1, 0.15) is 13.3 Å². The highest BCUT2D eigenvalue weighted by molar-refractivity contribution is 7.93. The second-order valence-corrected chi connectivity index (χ2v) is 6.55. The molecule has 0 aliphatic heterocycles. The Morgan fingerprint density at radius 3 is 2.83 bits per heavy atom. The number of hydrogen-bond donors (Lipinski definition) is 1. The number of aromatic nitrogens is 1. The fraction of sp³-hybridized carbons (Fsp3) is 0.273. The first-order valence-corrected chi connectivity index (χ1v) is 7.70. The molecule has 0 saturated carbocycles. The minimum absolute atomic E-state index is 0.247. The quantitative estimate of drug-likeness (QED) is 0.932. The summed E-state index contributed by atoms with van der Waals surface area (Å²) in [5, 5.41) is 8.04. The van der Waals surface area contributed by atoms with Crippen molar-refractivity contribution < 1.29 is 8.42 Å². The van der Waals surface area contributed by atoms with Crippen LogP contribution in [0.4, 0.5) is 5.13 Å². The van der Waals surface area contributed by atoms with Crippen molar-refractivity contribution in [3.8, 4) is 6.07 Å². The van der Waals surface area contributed by atoms with Gasteiger partial charge in [-0.05, 0) is 18.6 Å². The SMILES string of the molecule is CCC(C#N)S(=O)(=O)Nc1nc2ccccc2s1. The van der Waals surface area contributed by atoms with Crippen LogP contribution in [-0.4, -0.2) is 18.7 Å². The van der Waals surface area contributed by atoms with E-state index in [1.165, 1.54) is 11.3 Å². The summed E-state index contributed by atoms with van der Waals surface area (Å²) in [6, 6.07) is 9.15. The maximum Gasteiger partial charge on any atom is 0.250 e. The molecule has 7 heteroatoms. The summed E-state index contributed by atoms with van der Waals surface area (Å²) in [4.78, 5) is 4.17. The molecule has 1 aromatic carbocycles. The zero-order valence-electron chi connectivity index (χ0n) is 9.62. The van der Waals surface area contributed by atoms with Crippen LogP contribution < -0.4 is 4.72 Å². The molecule has 1 aromatic heterocycles. The summed E-state index contributed by atoms with van der Waals surface area (Å²) >= 11 is 1.25. The summed E-state index contributed by atoms with van der Waals surface area (Å²) in [6.45, 7) is 1.66. The topological polar surface area (TPSA) is 82.8 Å². The van der Waals surface area contributed by atoms with Gasteiger partial charge in [0.15, 0.2) is 10.4 Å². The van der Waals surface area contributed by atoms with E-state index in [1.807, 2.05) is 24.3 Å². The molecule has 0 amide bonds. The smallest absolute Gasteiger partial charge is 0.250 e. The summed E-state index contributed by atoms with van der Waals surface area (Å²) in [7, 11) is -3.69. The van der Waals surface area contributed by atoms with E-state index in [9.17, 15) is 8.42 Å². The number of thiazole rings is 1. The van der Waals surface area contributed by atoms with Crippen molar-refractivity contribution in [2.75, 3.05) is 4.72 Å². The molecule has 2 aromatic rings. The number of rotatable bonds is 4. The lowest BCUT2D eigenvalue weighted by molar-refractivity contribution is 0.593. The molecule has 0 saturated heterocycles. The zero-order chi connectivity index (χ0) is 13.2. The minimum Gasteiger partial charge on any atom is -0.257 e. The average Bonchev–Trinajstić information content (AvgIpc) is 2.71. The Labute approximate surface area is 109 Å². The number of benzene rings is 1. The minimum atomic E-state index is -3.69. The Morgan fingerprint density at radius 1 is 1.50 bits per heavy atom. The maximum atomic E-state index is 11.9. The Kier molecular flexibility index (Phi) is 3.50. The van der Waals surface area contributed by atoms with Crippen LogP contribution in [-0.2, 0) is 10.0 Å². The van der Waals surface area contributed by atoms with Crippen molar-refractivity contribution in [3.63, 3.8) is 0 Å². The summed E-state index contributed by atoms with van der Waals surface area (Å²) in [5.41, 5.74) is 0.741. The first-order valence-electron chi connectivity index (χ1n) is 5.33. The van der Waals surface area contributed by atoms with E-state index in [-0.39, 0.29) is 6.42 Å². The van der Waals surface area contributed by atoms with Gasteiger partial charge in [-0.25, -0.2) is 13.4 Å². The second kappa shape index (κ2) is 4.92. The fourth-order valence-electron chi connectivity index (χ4n) is 1.49. The van der Waals surface area contributed by atoms with Crippen LogP contribution >= 0.6 is 11.3 Å². The van der Waals surface area contributed by atoms with Gasteiger partial charge in [0.2, 0.25) is 0 Å². The third-order valence-corrected chi connectivity index (χ3v) is 5.16. The lowest BCUT2D eigenvalue weighted by Crippen LogP contribution is -2.25. The number of anilines is 1. The fourth-order valence-corrected chi connectivity index (χ4v) is 3.73. The van der Waals surface area contributed by atoms with E-state index in [0.717, 1.165) is 10.2 Å². The lowest BCUT2D eigenvalue weighted by atomic mass is 10.3. The Morgan fingerprint density at radius 2 is 2.22 bits per heavy atom. The molecule has 5 nitrogen and oxygen atoms in total. The van der Waals surface area contributed by atoms with Crippen LogP contribution in [0, 0.1) is 11.3 Å². The van der Waals surface area contributed by atoms with Gasteiger partial charge in [0.25, 0.3) is 10.0 Å². The molecule has 1 N–H and O–H groups in total. The lowest BCUT2D eigenvalue weighted by Gasteiger charge is -2.07. The van der Waals surface area contributed by atoms with Crippen LogP contribution in [0.3, 0.4) is 0 Å². The van der Waals surface area contributed by atoms with Crippen LogP contribution in [0.25, 0.3) is 10.2 Å². The molecule has 94 valence electrons. The molecule has 0 radical (unpaired) electrons. The van der Waals surface area contributed by atoms with Crippen molar-refractivity contribution in [1.82, 2.24) is 4.98 Å². The van der Waals surface area contributed by atoms with Crippen molar-refractivity contribution in [2.45, 2.75) is 18.6 Å². The standard InChI is InChI=1S/C11H11N3O2S2/c1-2-8(7-12)18(15,16)14-11-13-9-5-3-4-6-10(9)17-11/h3-6,8H,2H2,1H3,(H,13,14). The molecule has 1 heterocycles. The third-order valence-electron chi connectivity index (χ3n) is 2.41. The molecular formula is C11H11N3O2S2. The molecular weight excluding hydrogens is 270 g/mol. The normalized spacial score (nSPS) is 13.1. The molecule has 0 aliphatic carbocycles. The van der Waals surface area contributed by atoms with Gasteiger partial charge in [-0.15, -0.1) is 0 Å². The second-order valence-electron chi connectivity index (χ2n) is 3.66. The van der Waals surface area contributed by atoms with E-state index < -0.39 is 15.3 Å².